The van der Waals surface area contributed by atoms with Crippen LogP contribution in [0.3, 0.4) is 0 Å². The van der Waals surface area contributed by atoms with Gasteiger partial charge in [0.15, 0.2) is 6.61 Å². The van der Waals surface area contributed by atoms with Gasteiger partial charge in [0.25, 0.3) is 5.69 Å². The lowest BCUT2D eigenvalue weighted by atomic mass is 9.44. The number of aromatic nitrogens is 3. The van der Waals surface area contributed by atoms with Crippen LogP contribution in [0.4, 0.5) is 5.69 Å². The van der Waals surface area contributed by atoms with Crippen molar-refractivity contribution in [1.82, 2.24) is 15.0 Å². The molecule has 4 rings (SSSR count). The number of rotatable bonds is 14. The third kappa shape index (κ3) is 9.10. The first-order valence-electron chi connectivity index (χ1n) is 17.7. The summed E-state index contributed by atoms with van der Waals surface area (Å²) in [5.74, 6) is 0.584. The minimum Gasteiger partial charge on any atom is -0.390 e. The summed E-state index contributed by atoms with van der Waals surface area (Å²) >= 11 is 0. The van der Waals surface area contributed by atoms with Crippen LogP contribution in [0.5, 0.6) is 0 Å². The van der Waals surface area contributed by atoms with Crippen LogP contribution in [0.25, 0.3) is 5.69 Å². The van der Waals surface area contributed by atoms with Gasteiger partial charge in [0.1, 0.15) is 5.69 Å². The van der Waals surface area contributed by atoms with Crippen molar-refractivity contribution in [2.24, 2.45) is 27.8 Å². The summed E-state index contributed by atoms with van der Waals surface area (Å²) in [7, 11) is 0. The van der Waals surface area contributed by atoms with Crippen LogP contribution >= 0.6 is 0 Å². The summed E-state index contributed by atoms with van der Waals surface area (Å²) < 4.78 is 1.51. The number of benzene rings is 1. The molecule has 9 heteroatoms. The second kappa shape index (κ2) is 15.7. The third-order valence-corrected chi connectivity index (χ3v) is 11.1. The van der Waals surface area contributed by atoms with Crippen molar-refractivity contribution >= 4 is 11.4 Å². The molecule has 4 atom stereocenters. The number of hydrogen-bond acceptors (Lipinski definition) is 7. The van der Waals surface area contributed by atoms with E-state index >= 15 is 0 Å². The van der Waals surface area contributed by atoms with Crippen LogP contribution in [0.1, 0.15) is 125 Å². The van der Waals surface area contributed by atoms with Crippen LogP contribution < -0.4 is 0 Å². The number of allylic oxidation sites excluding steroid dienone is 6. The topological polar surface area (TPSA) is 116 Å². The van der Waals surface area contributed by atoms with Crippen molar-refractivity contribution < 1.29 is 14.9 Å². The number of nitrogens with zero attached hydrogens (tertiary/aromatic N) is 5. The first kappa shape index (κ1) is 37.2. The van der Waals surface area contributed by atoms with E-state index in [0.29, 0.717) is 17.3 Å². The van der Waals surface area contributed by atoms with Crippen molar-refractivity contribution in [1.29, 1.82) is 0 Å². The quantitative estimate of drug-likeness (QED) is 0.123. The molecule has 2 saturated carbocycles. The number of hydrogen-bond donors (Lipinski definition) is 1. The minimum absolute atomic E-state index is 0.00184. The lowest BCUT2D eigenvalue weighted by molar-refractivity contribution is -0.384. The largest absolute Gasteiger partial charge is 0.390 e. The lowest BCUT2D eigenvalue weighted by Crippen LogP contribution is -2.59. The molecule has 0 bridgehead atoms. The molecule has 2 aliphatic carbocycles. The molecule has 1 aromatic heterocycles. The van der Waals surface area contributed by atoms with E-state index in [9.17, 15) is 15.2 Å². The molecule has 2 aliphatic rings. The van der Waals surface area contributed by atoms with E-state index in [1.165, 1.54) is 33.5 Å². The summed E-state index contributed by atoms with van der Waals surface area (Å²) in [6, 6.07) is 6.27. The Balaban J connectivity index is 1.35. The average Bonchev–Trinajstić information content (AvgIpc) is 3.48. The zero-order valence-corrected chi connectivity index (χ0v) is 30.5. The predicted molar refractivity (Wildman–Crippen MR) is 193 cm³/mol. The van der Waals surface area contributed by atoms with Gasteiger partial charge in [-0.2, -0.15) is 0 Å². The van der Waals surface area contributed by atoms with Gasteiger partial charge in [0.2, 0.25) is 0 Å². The highest BCUT2D eigenvalue weighted by atomic mass is 16.6. The normalized spacial score (nSPS) is 26.6. The van der Waals surface area contributed by atoms with Crippen molar-refractivity contribution in [2.45, 2.75) is 132 Å². The van der Waals surface area contributed by atoms with Gasteiger partial charge in [0.05, 0.1) is 28.1 Å². The monoisotopic (exact) mass is 659 g/mol. The van der Waals surface area contributed by atoms with Crippen LogP contribution in [0.15, 0.2) is 70.6 Å². The highest BCUT2D eigenvalue weighted by Crippen LogP contribution is 2.62. The molecule has 1 N–H and O–H groups in total. The van der Waals surface area contributed by atoms with Gasteiger partial charge >= 0.3 is 0 Å². The summed E-state index contributed by atoms with van der Waals surface area (Å²) in [5, 5.41) is 35.8. The maximum absolute atomic E-state index is 11.7. The number of aliphatic hydroxyl groups is 1. The number of non-ortho nitro benzene ring substituents is 1. The van der Waals surface area contributed by atoms with Gasteiger partial charge < -0.3 is 9.94 Å². The van der Waals surface area contributed by atoms with E-state index in [0.717, 1.165) is 69.9 Å². The molecular formula is C39H57N5O4. The Bertz CT molecular complexity index is 1540. The molecule has 0 saturated heterocycles. The second-order valence-electron chi connectivity index (χ2n) is 15.5. The highest BCUT2D eigenvalue weighted by molar-refractivity contribution is 5.90. The molecule has 0 amide bonds. The maximum Gasteiger partial charge on any atom is 0.271 e. The zero-order valence-electron chi connectivity index (χ0n) is 30.5. The maximum atomic E-state index is 11.7. The Labute approximate surface area is 287 Å². The first-order valence-corrected chi connectivity index (χ1v) is 17.7. The van der Waals surface area contributed by atoms with Gasteiger partial charge in [-0.25, -0.2) is 4.68 Å². The summed E-state index contributed by atoms with van der Waals surface area (Å²) in [6.45, 7) is 18.0. The molecule has 262 valence electrons. The van der Waals surface area contributed by atoms with E-state index < -0.39 is 10.5 Å². The summed E-state index contributed by atoms with van der Waals surface area (Å²) in [4.78, 5) is 16.6. The van der Waals surface area contributed by atoms with Crippen molar-refractivity contribution in [3.63, 3.8) is 0 Å². The first-order chi connectivity index (χ1) is 22.6. The number of oxime groups is 1. The number of nitro groups is 1. The van der Waals surface area contributed by atoms with Gasteiger partial charge in [-0.05, 0) is 122 Å². The third-order valence-electron chi connectivity index (χ3n) is 11.1. The standard InChI is InChI=1S/C39H57N5O4/c1-28(2)13-9-14-29(3)15-10-16-30(4)17-11-20-35-38(7)23-22-36(37(5,6)34(38)21-24-39(35,8)45)41-48-27-31-26-43(42-40-31)32-18-12-19-33(25-32)44(46)47/h12-13,15,17-19,25-26,34-35,45H,9-11,14,16,20-24,27H2,1-8H3/b29-15+,30-17+,41-36+/t34-,35+,38-,39+/m0/s1. The Morgan fingerprint density at radius 2 is 1.75 bits per heavy atom. The molecule has 0 spiro atoms. The Morgan fingerprint density at radius 3 is 2.44 bits per heavy atom. The van der Waals surface area contributed by atoms with Gasteiger partial charge in [0, 0.05) is 17.5 Å². The fourth-order valence-corrected chi connectivity index (χ4v) is 8.39. The van der Waals surface area contributed by atoms with Gasteiger partial charge in [-0.15, -0.1) is 5.10 Å². The predicted octanol–water partition coefficient (Wildman–Crippen LogP) is 9.85. The molecule has 9 nitrogen and oxygen atoms in total. The SMILES string of the molecule is CC(C)=CCC/C(C)=C/CC/C(C)=C/CC[C@@H]1[C@@]2(C)CC/C(=N\OCc3cn(-c4cccc([N+](=O)[O-])c4)nn3)C(C)(C)[C@@H]2CC[C@@]1(C)O. The fraction of sp³-hybridized carbons (Fsp3) is 0.615. The second-order valence-corrected chi connectivity index (χ2v) is 15.5. The molecule has 0 aliphatic heterocycles. The van der Waals surface area contributed by atoms with Gasteiger partial charge in [-0.3, -0.25) is 10.1 Å². The van der Waals surface area contributed by atoms with E-state index in [1.54, 1.807) is 18.3 Å². The molecule has 2 aromatic rings. The molecule has 0 unspecified atom stereocenters. The van der Waals surface area contributed by atoms with Crippen LogP contribution in [0, 0.1) is 32.8 Å². The zero-order chi connectivity index (χ0) is 35.1. The van der Waals surface area contributed by atoms with Crippen molar-refractivity contribution in [2.75, 3.05) is 0 Å². The van der Waals surface area contributed by atoms with E-state index in [4.69, 9.17) is 4.84 Å². The Hall–Kier alpha value is -3.59. The van der Waals surface area contributed by atoms with E-state index in [1.807, 2.05) is 0 Å². The van der Waals surface area contributed by atoms with E-state index in [2.05, 4.69) is 89.1 Å². The summed E-state index contributed by atoms with van der Waals surface area (Å²) in [5.41, 5.74) is 5.62. The van der Waals surface area contributed by atoms with Crippen molar-refractivity contribution in [3.05, 3.63) is 81.2 Å². The van der Waals surface area contributed by atoms with E-state index in [-0.39, 0.29) is 29.0 Å². The van der Waals surface area contributed by atoms with Crippen LogP contribution in [0.2, 0.25) is 0 Å². The number of fused-ring (bicyclic) bond motifs is 1. The van der Waals surface area contributed by atoms with Crippen LogP contribution in [-0.2, 0) is 11.4 Å². The van der Waals surface area contributed by atoms with Crippen molar-refractivity contribution in [3.8, 4) is 5.69 Å². The molecule has 48 heavy (non-hydrogen) atoms. The Kier molecular flexibility index (Phi) is 12.2. The fourth-order valence-electron chi connectivity index (χ4n) is 8.39. The highest BCUT2D eigenvalue weighted by Gasteiger charge is 2.59. The molecular weight excluding hydrogens is 602 g/mol. The summed E-state index contributed by atoms with van der Waals surface area (Å²) in [6.07, 6.45) is 18.7. The molecule has 1 aromatic carbocycles. The Morgan fingerprint density at radius 1 is 1.06 bits per heavy atom. The molecule has 2 fully saturated rings. The molecule has 1 heterocycles. The minimum atomic E-state index is -0.690. The van der Waals surface area contributed by atoms with Crippen LogP contribution in [-0.4, -0.2) is 36.3 Å². The lowest BCUT2D eigenvalue weighted by Gasteiger charge is -2.61. The molecule has 0 radical (unpaired) electrons. The van der Waals surface area contributed by atoms with Gasteiger partial charge in [-0.1, -0.05) is 72.2 Å². The number of nitro benzene ring substituents is 1. The smallest absolute Gasteiger partial charge is 0.271 e. The average molecular weight is 660 g/mol.